The number of hydrogen-bond acceptors (Lipinski definition) is 4. The van der Waals surface area contributed by atoms with Crippen molar-refractivity contribution in [2.75, 3.05) is 46.8 Å². The molecule has 0 aromatic rings. The number of rotatable bonds is 9. The number of piperazine rings is 1. The van der Waals surface area contributed by atoms with Crippen LogP contribution in [0.25, 0.3) is 0 Å². The molecule has 124 valence electrons. The van der Waals surface area contributed by atoms with Crippen molar-refractivity contribution in [3.05, 3.63) is 0 Å². The predicted octanol–water partition coefficient (Wildman–Crippen LogP) is 0.894. The molecule has 1 saturated heterocycles. The molecule has 1 fully saturated rings. The Morgan fingerprint density at radius 2 is 2.05 bits per heavy atom. The molecule has 1 rings (SSSR count). The Kier molecular flexibility index (Phi) is 8.88. The summed E-state index contributed by atoms with van der Waals surface area (Å²) in [6.45, 7) is 6.90. The van der Waals surface area contributed by atoms with Gasteiger partial charge in [-0.2, -0.15) is 0 Å². The number of likely N-dealkylation sites (N-methyl/N-ethyl adjacent to an activating group) is 2. The SMILES string of the molecule is CCCC(CCN)CCC(=O)NCC1CN(C)CCN1C. The van der Waals surface area contributed by atoms with Crippen molar-refractivity contribution in [2.24, 2.45) is 11.7 Å². The fourth-order valence-electron chi connectivity index (χ4n) is 3.05. The third-order valence-electron chi connectivity index (χ3n) is 4.57. The number of nitrogens with zero attached hydrogens (tertiary/aromatic N) is 2. The standard InChI is InChI=1S/C16H34N4O/c1-4-5-14(8-9-17)6-7-16(21)18-12-15-13-19(2)10-11-20(15)3/h14-15H,4-13,17H2,1-3H3,(H,18,21). The molecule has 0 radical (unpaired) electrons. The maximum absolute atomic E-state index is 12.0. The lowest BCUT2D eigenvalue weighted by atomic mass is 9.94. The molecule has 0 aliphatic carbocycles. The number of nitrogens with two attached hydrogens (primary N) is 1. The van der Waals surface area contributed by atoms with Gasteiger partial charge in [0.2, 0.25) is 5.91 Å². The van der Waals surface area contributed by atoms with Gasteiger partial charge in [0.25, 0.3) is 0 Å². The van der Waals surface area contributed by atoms with Gasteiger partial charge >= 0.3 is 0 Å². The van der Waals surface area contributed by atoms with Crippen LogP contribution in [0, 0.1) is 5.92 Å². The largest absolute Gasteiger partial charge is 0.354 e. The first-order valence-corrected chi connectivity index (χ1v) is 8.42. The van der Waals surface area contributed by atoms with Crippen LogP contribution < -0.4 is 11.1 Å². The first-order chi connectivity index (χ1) is 10.1. The molecule has 2 atom stereocenters. The molecule has 5 heteroatoms. The van der Waals surface area contributed by atoms with Crippen LogP contribution in [0.4, 0.5) is 0 Å². The Morgan fingerprint density at radius 1 is 1.29 bits per heavy atom. The van der Waals surface area contributed by atoms with Crippen LogP contribution in [-0.4, -0.2) is 68.6 Å². The molecule has 1 heterocycles. The lowest BCUT2D eigenvalue weighted by Crippen LogP contribution is -2.54. The molecule has 1 aliphatic rings. The van der Waals surface area contributed by atoms with Crippen LogP contribution in [-0.2, 0) is 4.79 Å². The van der Waals surface area contributed by atoms with E-state index in [0.29, 0.717) is 18.4 Å². The van der Waals surface area contributed by atoms with Crippen LogP contribution in [0.2, 0.25) is 0 Å². The van der Waals surface area contributed by atoms with E-state index in [-0.39, 0.29) is 5.91 Å². The second kappa shape index (κ2) is 10.1. The van der Waals surface area contributed by atoms with Gasteiger partial charge in [-0.15, -0.1) is 0 Å². The van der Waals surface area contributed by atoms with Crippen LogP contribution >= 0.6 is 0 Å². The summed E-state index contributed by atoms with van der Waals surface area (Å²) in [5.74, 6) is 0.795. The molecule has 5 nitrogen and oxygen atoms in total. The van der Waals surface area contributed by atoms with Crippen molar-refractivity contribution < 1.29 is 4.79 Å². The Morgan fingerprint density at radius 3 is 2.71 bits per heavy atom. The third-order valence-corrected chi connectivity index (χ3v) is 4.57. The van der Waals surface area contributed by atoms with Gasteiger partial charge in [-0.25, -0.2) is 0 Å². The van der Waals surface area contributed by atoms with E-state index in [1.807, 2.05) is 0 Å². The molecule has 0 saturated carbocycles. The molecule has 21 heavy (non-hydrogen) atoms. The zero-order chi connectivity index (χ0) is 15.7. The van der Waals surface area contributed by atoms with Crippen LogP contribution in [0.3, 0.4) is 0 Å². The van der Waals surface area contributed by atoms with E-state index in [1.54, 1.807) is 0 Å². The molecule has 0 aromatic carbocycles. The quantitative estimate of drug-likeness (QED) is 0.664. The minimum Gasteiger partial charge on any atom is -0.354 e. The average Bonchev–Trinajstić information content (AvgIpc) is 2.46. The Balaban J connectivity index is 2.23. The molecule has 2 unspecified atom stereocenters. The van der Waals surface area contributed by atoms with Gasteiger partial charge in [0.05, 0.1) is 0 Å². The minimum absolute atomic E-state index is 0.190. The van der Waals surface area contributed by atoms with Gasteiger partial charge in [-0.3, -0.25) is 9.69 Å². The van der Waals surface area contributed by atoms with Crippen LogP contribution in [0.5, 0.6) is 0 Å². The third kappa shape index (κ3) is 7.25. The van der Waals surface area contributed by atoms with Gasteiger partial charge < -0.3 is 16.0 Å². The second-order valence-corrected chi connectivity index (χ2v) is 6.47. The summed E-state index contributed by atoms with van der Waals surface area (Å²) >= 11 is 0. The summed E-state index contributed by atoms with van der Waals surface area (Å²) in [5, 5.41) is 3.10. The molecule has 3 N–H and O–H groups in total. The van der Waals surface area contributed by atoms with Gasteiger partial charge in [-0.05, 0) is 39.4 Å². The highest BCUT2D eigenvalue weighted by molar-refractivity contribution is 5.75. The van der Waals surface area contributed by atoms with Crippen molar-refractivity contribution in [3.63, 3.8) is 0 Å². The summed E-state index contributed by atoms with van der Waals surface area (Å²) in [4.78, 5) is 16.7. The second-order valence-electron chi connectivity index (χ2n) is 6.47. The van der Waals surface area contributed by atoms with Crippen molar-refractivity contribution in [1.82, 2.24) is 15.1 Å². The minimum atomic E-state index is 0.190. The van der Waals surface area contributed by atoms with Gasteiger partial charge in [0.1, 0.15) is 0 Å². The van der Waals surface area contributed by atoms with Crippen LogP contribution in [0.1, 0.15) is 39.0 Å². The zero-order valence-electron chi connectivity index (χ0n) is 14.1. The normalized spacial score (nSPS) is 22.2. The number of hydrogen-bond donors (Lipinski definition) is 2. The van der Waals surface area contributed by atoms with E-state index >= 15 is 0 Å². The molecule has 1 amide bonds. The summed E-state index contributed by atoms with van der Waals surface area (Å²) in [6.07, 6.45) is 5.00. The Hall–Kier alpha value is -0.650. The highest BCUT2D eigenvalue weighted by Crippen LogP contribution is 2.16. The van der Waals surface area contributed by atoms with E-state index in [2.05, 4.69) is 36.1 Å². The summed E-state index contributed by atoms with van der Waals surface area (Å²) in [5.41, 5.74) is 5.64. The van der Waals surface area contributed by atoms with E-state index in [4.69, 9.17) is 5.73 Å². The summed E-state index contributed by atoms with van der Waals surface area (Å²) < 4.78 is 0. The summed E-state index contributed by atoms with van der Waals surface area (Å²) in [7, 11) is 4.28. The first kappa shape index (κ1) is 18.4. The Bertz CT molecular complexity index is 292. The zero-order valence-corrected chi connectivity index (χ0v) is 14.1. The van der Waals surface area contributed by atoms with E-state index < -0.39 is 0 Å². The Labute approximate surface area is 130 Å². The van der Waals surface area contributed by atoms with E-state index in [0.717, 1.165) is 45.6 Å². The van der Waals surface area contributed by atoms with E-state index in [1.165, 1.54) is 12.8 Å². The molecular formula is C16H34N4O. The fourth-order valence-corrected chi connectivity index (χ4v) is 3.05. The van der Waals surface area contributed by atoms with Crippen LogP contribution in [0.15, 0.2) is 0 Å². The lowest BCUT2D eigenvalue weighted by Gasteiger charge is -2.37. The fraction of sp³-hybridized carbons (Fsp3) is 0.938. The van der Waals surface area contributed by atoms with Gasteiger partial charge in [0.15, 0.2) is 0 Å². The molecule has 0 spiro atoms. The molecule has 0 aromatic heterocycles. The average molecular weight is 298 g/mol. The highest BCUT2D eigenvalue weighted by Gasteiger charge is 2.22. The van der Waals surface area contributed by atoms with Crippen molar-refractivity contribution in [3.8, 4) is 0 Å². The number of carbonyl (C=O) groups is 1. The summed E-state index contributed by atoms with van der Waals surface area (Å²) in [6, 6.07) is 0.434. The van der Waals surface area contributed by atoms with E-state index in [9.17, 15) is 4.79 Å². The maximum atomic E-state index is 12.0. The smallest absolute Gasteiger partial charge is 0.220 e. The lowest BCUT2D eigenvalue weighted by molar-refractivity contribution is -0.121. The van der Waals surface area contributed by atoms with Crippen molar-refractivity contribution in [1.29, 1.82) is 0 Å². The van der Waals surface area contributed by atoms with Crippen molar-refractivity contribution in [2.45, 2.75) is 45.1 Å². The highest BCUT2D eigenvalue weighted by atomic mass is 16.1. The predicted molar refractivity (Wildman–Crippen MR) is 88.2 cm³/mol. The van der Waals surface area contributed by atoms with Gasteiger partial charge in [0, 0.05) is 38.6 Å². The number of nitrogens with one attached hydrogen (secondary N) is 1. The van der Waals surface area contributed by atoms with Crippen molar-refractivity contribution >= 4 is 5.91 Å². The monoisotopic (exact) mass is 298 g/mol. The van der Waals surface area contributed by atoms with Gasteiger partial charge in [-0.1, -0.05) is 19.8 Å². The number of amides is 1. The maximum Gasteiger partial charge on any atom is 0.220 e. The number of carbonyl (C=O) groups excluding carboxylic acids is 1. The molecule has 1 aliphatic heterocycles. The molecular weight excluding hydrogens is 264 g/mol. The molecule has 0 bridgehead atoms. The first-order valence-electron chi connectivity index (χ1n) is 8.42. The topological polar surface area (TPSA) is 61.6 Å².